The van der Waals surface area contributed by atoms with E-state index in [1.54, 1.807) is 30.3 Å². The fourth-order valence-corrected chi connectivity index (χ4v) is 1.93. The summed E-state index contributed by atoms with van der Waals surface area (Å²) >= 11 is 0. The first-order valence-electron chi connectivity index (χ1n) is 6.08. The summed E-state index contributed by atoms with van der Waals surface area (Å²) in [6.45, 7) is 2.22. The van der Waals surface area contributed by atoms with E-state index in [9.17, 15) is 10.1 Å². The molecule has 0 aliphatic carbocycles. The van der Waals surface area contributed by atoms with Crippen LogP contribution >= 0.6 is 0 Å². The number of nitriles is 1. The Morgan fingerprint density at radius 2 is 2.05 bits per heavy atom. The Morgan fingerprint density at radius 3 is 2.70 bits per heavy atom. The Labute approximate surface area is 116 Å². The van der Waals surface area contributed by atoms with Gasteiger partial charge in [-0.25, -0.2) is 0 Å². The number of hydrogen-bond donors (Lipinski definition) is 1. The lowest BCUT2D eigenvalue weighted by atomic mass is 10.1. The molecule has 100 valence electrons. The molecule has 2 aromatic rings. The van der Waals surface area contributed by atoms with Gasteiger partial charge in [0.05, 0.1) is 16.6 Å². The molecule has 20 heavy (non-hydrogen) atoms. The number of nitrogens with zero attached hydrogens (tertiary/aromatic N) is 2. The highest BCUT2D eigenvalue weighted by Crippen LogP contribution is 2.20. The first-order valence-corrected chi connectivity index (χ1v) is 6.08. The summed E-state index contributed by atoms with van der Waals surface area (Å²) in [5, 5.41) is 22.9. The Morgan fingerprint density at radius 1 is 1.30 bits per heavy atom. The smallest absolute Gasteiger partial charge is 0.274 e. The van der Waals surface area contributed by atoms with Gasteiger partial charge in [0.25, 0.3) is 5.69 Å². The van der Waals surface area contributed by atoms with E-state index in [2.05, 4.69) is 11.4 Å². The van der Waals surface area contributed by atoms with Gasteiger partial charge in [-0.2, -0.15) is 5.26 Å². The number of rotatable bonds is 4. The van der Waals surface area contributed by atoms with Crippen molar-refractivity contribution >= 4 is 11.4 Å². The molecule has 0 unspecified atom stereocenters. The highest BCUT2D eigenvalue weighted by molar-refractivity contribution is 5.52. The van der Waals surface area contributed by atoms with Gasteiger partial charge in [0.2, 0.25) is 0 Å². The van der Waals surface area contributed by atoms with Crippen LogP contribution in [0.5, 0.6) is 0 Å². The number of nitro groups is 1. The van der Waals surface area contributed by atoms with Crippen molar-refractivity contribution < 1.29 is 4.92 Å². The van der Waals surface area contributed by atoms with E-state index >= 15 is 0 Å². The molecule has 1 N–H and O–H groups in total. The van der Waals surface area contributed by atoms with E-state index in [1.807, 2.05) is 13.0 Å². The molecule has 0 amide bonds. The van der Waals surface area contributed by atoms with E-state index in [1.165, 1.54) is 6.07 Å². The molecule has 2 aromatic carbocycles. The molecule has 5 nitrogen and oxygen atoms in total. The van der Waals surface area contributed by atoms with Crippen molar-refractivity contribution in [2.45, 2.75) is 13.5 Å². The standard InChI is InChI=1S/C15H13N3O2/c1-11-8-14(7-6-12(11)9-16)17-10-13-4-2-3-5-15(13)18(19)20/h2-8,17H,10H2,1H3. The summed E-state index contributed by atoms with van der Waals surface area (Å²) < 4.78 is 0. The zero-order chi connectivity index (χ0) is 14.5. The van der Waals surface area contributed by atoms with E-state index in [0.29, 0.717) is 17.7 Å². The van der Waals surface area contributed by atoms with E-state index in [-0.39, 0.29) is 10.6 Å². The van der Waals surface area contributed by atoms with Gasteiger partial charge >= 0.3 is 0 Å². The second-order valence-electron chi connectivity index (χ2n) is 4.38. The first-order chi connectivity index (χ1) is 9.61. The highest BCUT2D eigenvalue weighted by Gasteiger charge is 2.11. The number of aryl methyl sites for hydroxylation is 1. The maximum absolute atomic E-state index is 10.9. The van der Waals surface area contributed by atoms with Crippen LogP contribution in [0.3, 0.4) is 0 Å². The van der Waals surface area contributed by atoms with Crippen LogP contribution in [0.4, 0.5) is 11.4 Å². The van der Waals surface area contributed by atoms with Crippen LogP contribution in [0, 0.1) is 28.4 Å². The SMILES string of the molecule is Cc1cc(NCc2ccccc2[N+](=O)[O-])ccc1C#N. The third-order valence-corrected chi connectivity index (χ3v) is 3.02. The number of benzene rings is 2. The van der Waals surface area contributed by atoms with Crippen LogP contribution in [-0.4, -0.2) is 4.92 Å². The molecular formula is C15H13N3O2. The number of para-hydroxylation sites is 1. The van der Waals surface area contributed by atoms with Crippen LogP contribution < -0.4 is 5.32 Å². The molecule has 0 atom stereocenters. The fourth-order valence-electron chi connectivity index (χ4n) is 1.93. The Balaban J connectivity index is 2.15. The topological polar surface area (TPSA) is 79.0 Å². The summed E-state index contributed by atoms with van der Waals surface area (Å²) in [5.41, 5.74) is 3.06. The summed E-state index contributed by atoms with van der Waals surface area (Å²) in [6.07, 6.45) is 0. The second kappa shape index (κ2) is 5.85. The van der Waals surface area contributed by atoms with Gasteiger partial charge in [-0.15, -0.1) is 0 Å². The summed E-state index contributed by atoms with van der Waals surface area (Å²) in [7, 11) is 0. The van der Waals surface area contributed by atoms with Crippen LogP contribution in [0.2, 0.25) is 0 Å². The third kappa shape index (κ3) is 2.93. The average Bonchev–Trinajstić information content (AvgIpc) is 2.45. The van der Waals surface area contributed by atoms with Gasteiger partial charge in [-0.1, -0.05) is 18.2 Å². The normalized spacial score (nSPS) is 9.80. The van der Waals surface area contributed by atoms with Crippen LogP contribution in [-0.2, 0) is 6.54 Å². The van der Waals surface area contributed by atoms with Crippen molar-refractivity contribution in [2.24, 2.45) is 0 Å². The van der Waals surface area contributed by atoms with Crippen molar-refractivity contribution in [3.63, 3.8) is 0 Å². The predicted octanol–water partition coefficient (Wildman–Crippen LogP) is 3.39. The molecule has 0 aromatic heterocycles. The lowest BCUT2D eigenvalue weighted by Gasteiger charge is -2.08. The summed E-state index contributed by atoms with van der Waals surface area (Å²) in [6, 6.07) is 14.1. The quantitative estimate of drug-likeness (QED) is 0.680. The molecule has 0 heterocycles. The second-order valence-corrected chi connectivity index (χ2v) is 4.38. The van der Waals surface area contributed by atoms with Crippen LogP contribution in [0.25, 0.3) is 0 Å². The van der Waals surface area contributed by atoms with E-state index < -0.39 is 0 Å². The van der Waals surface area contributed by atoms with Crippen molar-refractivity contribution in [1.82, 2.24) is 0 Å². The highest BCUT2D eigenvalue weighted by atomic mass is 16.6. The Hall–Kier alpha value is -2.87. The molecular weight excluding hydrogens is 254 g/mol. The molecule has 0 saturated carbocycles. The molecule has 0 spiro atoms. The minimum absolute atomic E-state index is 0.102. The molecule has 2 rings (SSSR count). The summed E-state index contributed by atoms with van der Waals surface area (Å²) in [4.78, 5) is 10.5. The zero-order valence-electron chi connectivity index (χ0n) is 11.0. The number of hydrogen-bond acceptors (Lipinski definition) is 4. The fraction of sp³-hybridized carbons (Fsp3) is 0.133. The van der Waals surface area contributed by atoms with Crippen molar-refractivity contribution in [1.29, 1.82) is 5.26 Å². The lowest BCUT2D eigenvalue weighted by Crippen LogP contribution is -2.03. The van der Waals surface area contributed by atoms with E-state index in [4.69, 9.17) is 5.26 Å². The molecule has 0 bridgehead atoms. The number of nitro benzene ring substituents is 1. The lowest BCUT2D eigenvalue weighted by molar-refractivity contribution is -0.385. The third-order valence-electron chi connectivity index (χ3n) is 3.02. The van der Waals surface area contributed by atoms with Gasteiger partial charge < -0.3 is 5.32 Å². The monoisotopic (exact) mass is 267 g/mol. The zero-order valence-corrected chi connectivity index (χ0v) is 11.0. The molecule has 0 fully saturated rings. The van der Waals surface area contributed by atoms with Crippen LogP contribution in [0.1, 0.15) is 16.7 Å². The molecule has 0 aliphatic heterocycles. The number of anilines is 1. The molecule has 0 radical (unpaired) electrons. The van der Waals surface area contributed by atoms with Crippen molar-refractivity contribution in [3.8, 4) is 6.07 Å². The first kappa shape index (κ1) is 13.6. The van der Waals surface area contributed by atoms with Gasteiger partial charge in [-0.05, 0) is 30.7 Å². The maximum Gasteiger partial charge on any atom is 0.274 e. The molecule has 0 saturated heterocycles. The Kier molecular flexibility index (Phi) is 3.96. The largest absolute Gasteiger partial charge is 0.381 e. The number of nitrogens with one attached hydrogen (secondary N) is 1. The molecule has 0 aliphatic rings. The average molecular weight is 267 g/mol. The van der Waals surface area contributed by atoms with Crippen molar-refractivity contribution in [3.05, 3.63) is 69.3 Å². The van der Waals surface area contributed by atoms with Crippen LogP contribution in [0.15, 0.2) is 42.5 Å². The van der Waals surface area contributed by atoms with Gasteiger partial charge in [0.15, 0.2) is 0 Å². The summed E-state index contributed by atoms with van der Waals surface area (Å²) in [5.74, 6) is 0. The Bertz CT molecular complexity index is 690. The minimum atomic E-state index is -0.388. The minimum Gasteiger partial charge on any atom is -0.381 e. The predicted molar refractivity (Wildman–Crippen MR) is 76.3 cm³/mol. The maximum atomic E-state index is 10.9. The van der Waals surface area contributed by atoms with Gasteiger partial charge in [0.1, 0.15) is 0 Å². The molecule has 5 heteroatoms. The van der Waals surface area contributed by atoms with Crippen molar-refractivity contribution in [2.75, 3.05) is 5.32 Å². The van der Waals surface area contributed by atoms with E-state index in [0.717, 1.165) is 11.3 Å². The van der Waals surface area contributed by atoms with Gasteiger partial charge in [-0.3, -0.25) is 10.1 Å². The van der Waals surface area contributed by atoms with Gasteiger partial charge in [0, 0.05) is 23.9 Å².